The monoisotopic (exact) mass is 401 g/mol. The number of hydrogen-bond donors (Lipinski definition) is 1. The fourth-order valence-corrected chi connectivity index (χ4v) is 4.52. The number of amides is 1. The highest BCUT2D eigenvalue weighted by Gasteiger charge is 2.13. The van der Waals surface area contributed by atoms with Crippen LogP contribution in [0.2, 0.25) is 0 Å². The van der Waals surface area contributed by atoms with Crippen molar-refractivity contribution in [3.8, 4) is 0 Å². The number of aryl methyl sites for hydroxylation is 2. The summed E-state index contributed by atoms with van der Waals surface area (Å²) in [6.07, 6.45) is 0.685. The first-order valence-electron chi connectivity index (χ1n) is 8.93. The molecule has 0 bridgehead atoms. The summed E-state index contributed by atoms with van der Waals surface area (Å²) in [6, 6.07) is 7.96. The molecule has 3 aromatic rings. The van der Waals surface area contributed by atoms with Gasteiger partial charge in [-0.05, 0) is 59.9 Å². The lowest BCUT2D eigenvalue weighted by Crippen LogP contribution is -2.26. The van der Waals surface area contributed by atoms with Crippen LogP contribution in [0.4, 0.5) is 0 Å². The Labute approximate surface area is 167 Å². The van der Waals surface area contributed by atoms with Crippen LogP contribution in [-0.2, 0) is 17.0 Å². The van der Waals surface area contributed by atoms with Gasteiger partial charge in [-0.2, -0.15) is 23.1 Å². The van der Waals surface area contributed by atoms with Gasteiger partial charge in [-0.3, -0.25) is 4.79 Å². The van der Waals surface area contributed by atoms with Crippen LogP contribution in [0.5, 0.6) is 0 Å². The van der Waals surface area contributed by atoms with Gasteiger partial charge in [-0.25, -0.2) is 4.79 Å². The fraction of sp³-hybridized carbons (Fsp3) is 0.333. The van der Waals surface area contributed by atoms with E-state index in [4.69, 9.17) is 4.42 Å². The van der Waals surface area contributed by atoms with Crippen molar-refractivity contribution in [3.63, 3.8) is 0 Å². The highest BCUT2D eigenvalue weighted by atomic mass is 32.2. The summed E-state index contributed by atoms with van der Waals surface area (Å²) < 4.78 is 5.45. The summed E-state index contributed by atoms with van der Waals surface area (Å²) in [5.74, 6) is 1.81. The maximum Gasteiger partial charge on any atom is 0.339 e. The van der Waals surface area contributed by atoms with Crippen LogP contribution in [-0.4, -0.2) is 18.2 Å². The number of thiophene rings is 1. The molecule has 1 aromatic carbocycles. The first-order valence-corrected chi connectivity index (χ1v) is 11.0. The second kappa shape index (κ2) is 9.24. The first kappa shape index (κ1) is 19.7. The number of thioether (sulfide) groups is 1. The van der Waals surface area contributed by atoms with Crippen molar-refractivity contribution in [1.29, 1.82) is 0 Å². The van der Waals surface area contributed by atoms with E-state index >= 15 is 0 Å². The Hall–Kier alpha value is -2.05. The number of hydrogen-bond acceptors (Lipinski definition) is 5. The minimum Gasteiger partial charge on any atom is -0.423 e. The van der Waals surface area contributed by atoms with Gasteiger partial charge in [0.15, 0.2) is 0 Å². The fourth-order valence-electron chi connectivity index (χ4n) is 2.94. The zero-order chi connectivity index (χ0) is 19.2. The molecule has 2 aromatic heterocycles. The minimum atomic E-state index is -0.343. The molecular formula is C21H23NO3S2. The van der Waals surface area contributed by atoms with E-state index in [-0.39, 0.29) is 18.0 Å². The van der Waals surface area contributed by atoms with Gasteiger partial charge in [0.05, 0.1) is 0 Å². The molecule has 6 heteroatoms. The van der Waals surface area contributed by atoms with Crippen LogP contribution in [0.25, 0.3) is 11.0 Å². The van der Waals surface area contributed by atoms with Gasteiger partial charge in [-0.15, -0.1) is 0 Å². The van der Waals surface area contributed by atoms with E-state index in [0.29, 0.717) is 24.1 Å². The number of nitrogens with one attached hydrogen (secondary N) is 1. The van der Waals surface area contributed by atoms with Gasteiger partial charge >= 0.3 is 5.63 Å². The Morgan fingerprint density at radius 3 is 2.89 bits per heavy atom. The van der Waals surface area contributed by atoms with Gasteiger partial charge in [0.1, 0.15) is 5.58 Å². The van der Waals surface area contributed by atoms with Crippen molar-refractivity contribution in [1.82, 2.24) is 5.32 Å². The van der Waals surface area contributed by atoms with Gasteiger partial charge in [-0.1, -0.05) is 12.1 Å². The zero-order valence-corrected chi connectivity index (χ0v) is 17.2. The van der Waals surface area contributed by atoms with Crippen LogP contribution in [0.15, 0.2) is 44.2 Å². The smallest absolute Gasteiger partial charge is 0.339 e. The molecule has 0 saturated carbocycles. The van der Waals surface area contributed by atoms with Crippen molar-refractivity contribution in [3.05, 3.63) is 67.7 Å². The summed E-state index contributed by atoms with van der Waals surface area (Å²) >= 11 is 3.50. The topological polar surface area (TPSA) is 59.3 Å². The summed E-state index contributed by atoms with van der Waals surface area (Å²) in [5.41, 5.74) is 4.13. The Morgan fingerprint density at radius 2 is 2.11 bits per heavy atom. The number of benzene rings is 1. The molecule has 2 heterocycles. The van der Waals surface area contributed by atoms with Gasteiger partial charge in [0.2, 0.25) is 5.91 Å². The van der Waals surface area contributed by atoms with Crippen LogP contribution < -0.4 is 10.9 Å². The number of carbonyl (C=O) groups is 1. The van der Waals surface area contributed by atoms with E-state index in [1.165, 1.54) is 5.56 Å². The largest absolute Gasteiger partial charge is 0.423 e. The summed E-state index contributed by atoms with van der Waals surface area (Å²) in [5, 5.41) is 8.07. The molecular weight excluding hydrogens is 378 g/mol. The van der Waals surface area contributed by atoms with Crippen molar-refractivity contribution in [2.75, 3.05) is 12.3 Å². The van der Waals surface area contributed by atoms with E-state index in [1.807, 2.05) is 32.0 Å². The van der Waals surface area contributed by atoms with Crippen molar-refractivity contribution in [2.24, 2.45) is 0 Å². The average molecular weight is 402 g/mol. The summed E-state index contributed by atoms with van der Waals surface area (Å²) in [7, 11) is 0. The average Bonchev–Trinajstić information content (AvgIpc) is 3.14. The lowest BCUT2D eigenvalue weighted by Gasteiger charge is -2.09. The molecule has 0 saturated heterocycles. The molecule has 142 valence electrons. The van der Waals surface area contributed by atoms with E-state index in [0.717, 1.165) is 28.0 Å². The Bertz CT molecular complexity index is 977. The minimum absolute atomic E-state index is 0.0334. The first-order chi connectivity index (χ1) is 13.0. The van der Waals surface area contributed by atoms with E-state index in [2.05, 4.69) is 22.1 Å². The maximum atomic E-state index is 12.3. The third-order valence-corrected chi connectivity index (χ3v) is 6.22. The van der Waals surface area contributed by atoms with Crippen molar-refractivity contribution >= 4 is 40.0 Å². The highest BCUT2D eigenvalue weighted by Crippen LogP contribution is 2.21. The molecule has 27 heavy (non-hydrogen) atoms. The van der Waals surface area contributed by atoms with Crippen molar-refractivity contribution in [2.45, 2.75) is 32.4 Å². The Morgan fingerprint density at radius 1 is 1.26 bits per heavy atom. The predicted octanol–water partition coefficient (Wildman–Crippen LogP) is 4.45. The molecule has 0 atom stereocenters. The van der Waals surface area contributed by atoms with Crippen LogP contribution >= 0.6 is 23.1 Å². The lowest BCUT2D eigenvalue weighted by molar-refractivity contribution is -0.120. The molecule has 0 aliphatic carbocycles. The van der Waals surface area contributed by atoms with Crippen LogP contribution in [0.3, 0.4) is 0 Å². The van der Waals surface area contributed by atoms with Gasteiger partial charge in [0.25, 0.3) is 0 Å². The lowest BCUT2D eigenvalue weighted by atomic mass is 10.0. The van der Waals surface area contributed by atoms with Gasteiger partial charge in [0, 0.05) is 35.4 Å². The highest BCUT2D eigenvalue weighted by molar-refractivity contribution is 7.98. The number of fused-ring (bicyclic) bond motifs is 1. The molecule has 4 nitrogen and oxygen atoms in total. The predicted molar refractivity (Wildman–Crippen MR) is 114 cm³/mol. The summed E-state index contributed by atoms with van der Waals surface area (Å²) in [4.78, 5) is 24.4. The summed E-state index contributed by atoms with van der Waals surface area (Å²) in [6.45, 7) is 4.52. The molecule has 0 fully saturated rings. The molecule has 1 amide bonds. The molecule has 0 unspecified atom stereocenters. The van der Waals surface area contributed by atoms with E-state index in [9.17, 15) is 9.59 Å². The quantitative estimate of drug-likeness (QED) is 0.447. The zero-order valence-electron chi connectivity index (χ0n) is 15.5. The molecule has 0 radical (unpaired) electrons. The third kappa shape index (κ3) is 5.23. The SMILES string of the molecule is Cc1ccc2c(C)c(CCC(=O)NCCSCc3ccsc3)c(=O)oc2c1. The van der Waals surface area contributed by atoms with E-state index in [1.54, 1.807) is 23.1 Å². The molecule has 0 aliphatic heterocycles. The van der Waals surface area contributed by atoms with Gasteiger partial charge < -0.3 is 9.73 Å². The second-order valence-electron chi connectivity index (χ2n) is 6.53. The van der Waals surface area contributed by atoms with Crippen LogP contribution in [0, 0.1) is 13.8 Å². The maximum absolute atomic E-state index is 12.3. The number of carbonyl (C=O) groups excluding carboxylic acids is 1. The molecule has 1 N–H and O–H groups in total. The second-order valence-corrected chi connectivity index (χ2v) is 8.41. The molecule has 0 aliphatic rings. The molecule has 3 rings (SSSR count). The Kier molecular flexibility index (Phi) is 6.74. The number of rotatable bonds is 8. The Balaban J connectivity index is 1.49. The van der Waals surface area contributed by atoms with Crippen molar-refractivity contribution < 1.29 is 9.21 Å². The van der Waals surface area contributed by atoms with Crippen LogP contribution in [0.1, 0.15) is 28.7 Å². The standard InChI is InChI=1S/C21H23NO3S2/c1-14-3-4-17-15(2)18(21(24)25-19(17)11-14)5-6-20(23)22-8-10-27-13-16-7-9-26-12-16/h3-4,7,9,11-12H,5-6,8,10,13H2,1-2H3,(H,22,23). The third-order valence-electron chi connectivity index (χ3n) is 4.46. The molecule has 0 spiro atoms. The van der Waals surface area contributed by atoms with E-state index < -0.39 is 0 Å². The normalized spacial score (nSPS) is 11.0.